The summed E-state index contributed by atoms with van der Waals surface area (Å²) in [5, 5.41) is 1.17. The number of amides is 1. The second kappa shape index (κ2) is 5.19. The number of fused-ring (bicyclic) bond motifs is 3. The molecule has 116 valence electrons. The summed E-state index contributed by atoms with van der Waals surface area (Å²) in [4.78, 5) is 25.3. The average Bonchev–Trinajstić information content (AvgIpc) is 3.10. The van der Waals surface area contributed by atoms with E-state index in [0.717, 1.165) is 48.8 Å². The normalized spacial score (nSPS) is 24.7. The van der Waals surface area contributed by atoms with E-state index in [2.05, 4.69) is 21.8 Å². The molecule has 1 amide bonds. The smallest absolute Gasteiger partial charge is 0.240 e. The maximum atomic E-state index is 11.7. The third-order valence-corrected chi connectivity index (χ3v) is 6.09. The zero-order valence-corrected chi connectivity index (χ0v) is 13.5. The Morgan fingerprint density at radius 1 is 1.41 bits per heavy atom. The summed E-state index contributed by atoms with van der Waals surface area (Å²) in [6, 6.07) is -0.226. The number of anilines is 1. The molecule has 2 N–H and O–H groups in total. The van der Waals surface area contributed by atoms with E-state index in [1.54, 1.807) is 17.7 Å². The SMILES string of the molecule is C[C@H]1CCc2c(sc3ncnc(N4CCC[C@@H]4C(N)=O)c23)C1. The molecule has 0 radical (unpaired) electrons. The van der Waals surface area contributed by atoms with Gasteiger partial charge in [-0.2, -0.15) is 0 Å². The highest BCUT2D eigenvalue weighted by molar-refractivity contribution is 7.19. The first-order chi connectivity index (χ1) is 10.6. The molecule has 1 saturated heterocycles. The Hall–Kier alpha value is -1.69. The molecule has 2 atom stereocenters. The molecule has 1 aliphatic carbocycles. The summed E-state index contributed by atoms with van der Waals surface area (Å²) in [5.74, 6) is 1.41. The molecule has 6 heteroatoms. The van der Waals surface area contributed by atoms with E-state index in [4.69, 9.17) is 5.73 Å². The van der Waals surface area contributed by atoms with Gasteiger partial charge in [0.1, 0.15) is 23.0 Å². The minimum absolute atomic E-state index is 0.226. The van der Waals surface area contributed by atoms with Gasteiger partial charge in [-0.1, -0.05) is 6.92 Å². The van der Waals surface area contributed by atoms with Crippen LogP contribution < -0.4 is 10.6 Å². The monoisotopic (exact) mass is 316 g/mol. The van der Waals surface area contributed by atoms with Crippen LogP contribution in [0.1, 0.15) is 36.6 Å². The molecule has 0 unspecified atom stereocenters. The highest BCUT2D eigenvalue weighted by Gasteiger charge is 2.33. The fourth-order valence-electron chi connectivity index (χ4n) is 3.79. The van der Waals surface area contributed by atoms with E-state index in [-0.39, 0.29) is 11.9 Å². The van der Waals surface area contributed by atoms with Crippen molar-refractivity contribution in [3.63, 3.8) is 0 Å². The summed E-state index contributed by atoms with van der Waals surface area (Å²) in [5.41, 5.74) is 6.99. The van der Waals surface area contributed by atoms with Crippen LogP contribution in [0.5, 0.6) is 0 Å². The maximum Gasteiger partial charge on any atom is 0.240 e. The molecule has 3 heterocycles. The molecule has 1 fully saturated rings. The first kappa shape index (κ1) is 13.9. The number of aryl methyl sites for hydroxylation is 1. The molecule has 0 saturated carbocycles. The lowest BCUT2D eigenvalue weighted by Crippen LogP contribution is -2.40. The number of nitrogens with zero attached hydrogens (tertiary/aromatic N) is 3. The van der Waals surface area contributed by atoms with Gasteiger partial charge in [0.2, 0.25) is 5.91 Å². The van der Waals surface area contributed by atoms with Crippen LogP contribution in [0.3, 0.4) is 0 Å². The Labute approximate surface area is 133 Å². The molecule has 5 nitrogen and oxygen atoms in total. The largest absolute Gasteiger partial charge is 0.368 e. The van der Waals surface area contributed by atoms with Crippen LogP contribution in [-0.4, -0.2) is 28.5 Å². The molecule has 0 bridgehead atoms. The van der Waals surface area contributed by atoms with Crippen LogP contribution in [-0.2, 0) is 17.6 Å². The van der Waals surface area contributed by atoms with Crippen molar-refractivity contribution in [1.82, 2.24) is 9.97 Å². The molecule has 1 aliphatic heterocycles. The van der Waals surface area contributed by atoms with Gasteiger partial charge in [0, 0.05) is 11.4 Å². The van der Waals surface area contributed by atoms with Crippen LogP contribution in [0.2, 0.25) is 0 Å². The van der Waals surface area contributed by atoms with Crippen molar-refractivity contribution in [2.45, 2.75) is 45.1 Å². The Kier molecular flexibility index (Phi) is 3.29. The van der Waals surface area contributed by atoms with Crippen molar-refractivity contribution < 1.29 is 4.79 Å². The third kappa shape index (κ3) is 2.08. The molecule has 2 aliphatic rings. The van der Waals surface area contributed by atoms with Crippen molar-refractivity contribution in [2.24, 2.45) is 11.7 Å². The number of aromatic nitrogens is 2. The van der Waals surface area contributed by atoms with Gasteiger partial charge in [-0.3, -0.25) is 4.79 Å². The predicted molar refractivity (Wildman–Crippen MR) is 88.2 cm³/mol. The quantitative estimate of drug-likeness (QED) is 0.922. The minimum Gasteiger partial charge on any atom is -0.368 e. The number of thiophene rings is 1. The zero-order chi connectivity index (χ0) is 15.3. The van der Waals surface area contributed by atoms with E-state index in [1.807, 2.05) is 0 Å². The number of carbonyl (C=O) groups excluding carboxylic acids is 1. The molecular formula is C16H20N4OS. The second-order valence-electron chi connectivity index (χ2n) is 6.48. The number of rotatable bonds is 2. The van der Waals surface area contributed by atoms with Crippen molar-refractivity contribution in [2.75, 3.05) is 11.4 Å². The van der Waals surface area contributed by atoms with E-state index < -0.39 is 0 Å². The number of primary amides is 1. The lowest BCUT2D eigenvalue weighted by molar-refractivity contribution is -0.119. The van der Waals surface area contributed by atoms with Crippen molar-refractivity contribution in [3.05, 3.63) is 16.8 Å². The first-order valence-corrected chi connectivity index (χ1v) is 8.78. The van der Waals surface area contributed by atoms with Crippen LogP contribution in [0.25, 0.3) is 10.2 Å². The Bertz CT molecular complexity index is 741. The number of nitrogens with two attached hydrogens (primary N) is 1. The lowest BCUT2D eigenvalue weighted by atomic mass is 9.89. The third-order valence-electron chi connectivity index (χ3n) is 4.92. The van der Waals surface area contributed by atoms with Gasteiger partial charge in [-0.15, -0.1) is 11.3 Å². The van der Waals surface area contributed by atoms with Crippen LogP contribution in [0.15, 0.2) is 6.33 Å². The standard InChI is InChI=1S/C16H20N4OS/c1-9-4-5-10-12(7-9)22-16-13(10)15(18-8-19-16)20-6-2-3-11(20)14(17)21/h8-9,11H,2-7H2,1H3,(H2,17,21)/t9-,11+/m0/s1. The van der Waals surface area contributed by atoms with E-state index in [1.165, 1.54) is 22.2 Å². The molecule has 2 aromatic heterocycles. The second-order valence-corrected chi connectivity index (χ2v) is 7.57. The Morgan fingerprint density at radius 3 is 3.09 bits per heavy atom. The molecule has 0 aromatic carbocycles. The lowest BCUT2D eigenvalue weighted by Gasteiger charge is -2.25. The fourth-order valence-corrected chi connectivity index (χ4v) is 5.14. The predicted octanol–water partition coefficient (Wildman–Crippen LogP) is 2.27. The average molecular weight is 316 g/mol. The van der Waals surface area contributed by atoms with Crippen LogP contribution in [0, 0.1) is 5.92 Å². The van der Waals surface area contributed by atoms with Gasteiger partial charge in [0.15, 0.2) is 0 Å². The number of carbonyl (C=O) groups is 1. The van der Waals surface area contributed by atoms with Crippen LogP contribution >= 0.6 is 11.3 Å². The number of hydrogen-bond acceptors (Lipinski definition) is 5. The van der Waals surface area contributed by atoms with E-state index in [0.29, 0.717) is 0 Å². The van der Waals surface area contributed by atoms with Crippen LogP contribution in [0.4, 0.5) is 5.82 Å². The molecule has 0 spiro atoms. The van der Waals surface area contributed by atoms with Gasteiger partial charge < -0.3 is 10.6 Å². The van der Waals surface area contributed by atoms with Gasteiger partial charge in [-0.25, -0.2) is 9.97 Å². The topological polar surface area (TPSA) is 72.1 Å². The Morgan fingerprint density at radius 2 is 2.27 bits per heavy atom. The zero-order valence-electron chi connectivity index (χ0n) is 12.7. The summed E-state index contributed by atoms with van der Waals surface area (Å²) < 4.78 is 0. The van der Waals surface area contributed by atoms with Gasteiger partial charge in [0.05, 0.1) is 5.39 Å². The molecule has 22 heavy (non-hydrogen) atoms. The fraction of sp³-hybridized carbons (Fsp3) is 0.562. The van der Waals surface area contributed by atoms with E-state index in [9.17, 15) is 4.79 Å². The molecule has 2 aromatic rings. The summed E-state index contributed by atoms with van der Waals surface area (Å²) in [7, 11) is 0. The van der Waals surface area contributed by atoms with Crippen molar-refractivity contribution >= 4 is 33.3 Å². The summed E-state index contributed by atoms with van der Waals surface area (Å²) in [6.07, 6.45) is 6.87. The van der Waals surface area contributed by atoms with Gasteiger partial charge in [-0.05, 0) is 43.6 Å². The maximum absolute atomic E-state index is 11.7. The van der Waals surface area contributed by atoms with E-state index >= 15 is 0 Å². The molecular weight excluding hydrogens is 296 g/mol. The minimum atomic E-state index is -0.248. The highest BCUT2D eigenvalue weighted by atomic mass is 32.1. The van der Waals surface area contributed by atoms with Crippen molar-refractivity contribution in [3.8, 4) is 0 Å². The summed E-state index contributed by atoms with van der Waals surface area (Å²) in [6.45, 7) is 3.16. The van der Waals surface area contributed by atoms with Crippen molar-refractivity contribution in [1.29, 1.82) is 0 Å². The summed E-state index contributed by atoms with van der Waals surface area (Å²) >= 11 is 1.79. The first-order valence-electron chi connectivity index (χ1n) is 7.96. The van der Waals surface area contributed by atoms with Gasteiger partial charge >= 0.3 is 0 Å². The van der Waals surface area contributed by atoms with Gasteiger partial charge in [0.25, 0.3) is 0 Å². The number of hydrogen-bond donors (Lipinski definition) is 1. The molecule has 4 rings (SSSR count). The highest BCUT2D eigenvalue weighted by Crippen LogP contribution is 2.41. The Balaban J connectivity index is 1.86.